The van der Waals surface area contributed by atoms with E-state index in [0.717, 1.165) is 17.7 Å². The molecular formula is C13H16N2O2S. The molecule has 5 heteroatoms. The van der Waals surface area contributed by atoms with Gasteiger partial charge in [-0.05, 0) is 55.2 Å². The molecular weight excluding hydrogens is 248 g/mol. The maximum Gasteiger partial charge on any atom is 0.417 e. The zero-order chi connectivity index (χ0) is 12.5. The van der Waals surface area contributed by atoms with Gasteiger partial charge in [-0.15, -0.1) is 11.8 Å². The van der Waals surface area contributed by atoms with Crippen LogP contribution in [0.3, 0.4) is 0 Å². The molecule has 0 saturated heterocycles. The number of nitrogens with one attached hydrogen (secondary N) is 1. The molecule has 0 radical (unpaired) electrons. The smallest absolute Gasteiger partial charge is 0.408 e. The Morgan fingerprint density at radius 2 is 2.39 bits per heavy atom. The van der Waals surface area contributed by atoms with E-state index in [1.165, 1.54) is 23.3 Å². The summed E-state index contributed by atoms with van der Waals surface area (Å²) in [4.78, 5) is 15.2. The number of benzene rings is 1. The number of aromatic amines is 1. The lowest BCUT2D eigenvalue weighted by Crippen LogP contribution is -2.07. The van der Waals surface area contributed by atoms with E-state index in [9.17, 15) is 4.79 Å². The van der Waals surface area contributed by atoms with Crippen LogP contribution >= 0.6 is 11.8 Å². The number of aromatic nitrogens is 1. The highest BCUT2D eigenvalue weighted by molar-refractivity contribution is 7.99. The molecule has 1 aromatic heterocycles. The van der Waals surface area contributed by atoms with Gasteiger partial charge in [0.15, 0.2) is 5.58 Å². The minimum absolute atomic E-state index is 0.384. The molecule has 2 heterocycles. The first kappa shape index (κ1) is 11.9. The summed E-state index contributed by atoms with van der Waals surface area (Å²) in [6.07, 6.45) is 3.38. The van der Waals surface area contributed by atoms with Crippen LogP contribution in [0.2, 0.25) is 0 Å². The molecule has 1 aliphatic heterocycles. The van der Waals surface area contributed by atoms with Gasteiger partial charge in [-0.3, -0.25) is 4.98 Å². The van der Waals surface area contributed by atoms with E-state index in [4.69, 9.17) is 10.2 Å². The topological polar surface area (TPSA) is 72.0 Å². The molecule has 18 heavy (non-hydrogen) atoms. The van der Waals surface area contributed by atoms with Crippen molar-refractivity contribution in [2.24, 2.45) is 5.73 Å². The molecule has 0 saturated carbocycles. The molecule has 1 aromatic carbocycles. The lowest BCUT2D eigenvalue weighted by Gasteiger charge is -2.15. The second kappa shape index (κ2) is 4.82. The fraction of sp³-hybridized carbons (Fsp3) is 0.462. The van der Waals surface area contributed by atoms with E-state index in [1.807, 2.05) is 17.8 Å². The van der Waals surface area contributed by atoms with Crippen LogP contribution in [0.1, 0.15) is 30.7 Å². The third-order valence-electron chi connectivity index (χ3n) is 3.46. The molecule has 0 aliphatic carbocycles. The van der Waals surface area contributed by atoms with E-state index in [2.05, 4.69) is 11.1 Å². The Balaban J connectivity index is 2.14. The molecule has 96 valence electrons. The summed E-state index contributed by atoms with van der Waals surface area (Å²) in [5, 5.41) is 0. The van der Waals surface area contributed by atoms with E-state index in [0.29, 0.717) is 18.0 Å². The molecule has 1 unspecified atom stereocenters. The number of H-pyrrole nitrogens is 1. The van der Waals surface area contributed by atoms with Crippen LogP contribution in [-0.2, 0) is 0 Å². The van der Waals surface area contributed by atoms with Gasteiger partial charge in [0.25, 0.3) is 0 Å². The Morgan fingerprint density at radius 1 is 1.50 bits per heavy atom. The quantitative estimate of drug-likeness (QED) is 0.874. The van der Waals surface area contributed by atoms with Crippen molar-refractivity contribution in [3.63, 3.8) is 0 Å². The van der Waals surface area contributed by atoms with Gasteiger partial charge in [0, 0.05) is 4.90 Å². The van der Waals surface area contributed by atoms with Gasteiger partial charge in [0.2, 0.25) is 0 Å². The summed E-state index contributed by atoms with van der Waals surface area (Å²) >= 11 is 1.85. The fourth-order valence-corrected chi connectivity index (χ4v) is 3.72. The summed E-state index contributed by atoms with van der Waals surface area (Å²) in [7, 11) is 0. The number of hydrogen-bond donors (Lipinski definition) is 2. The van der Waals surface area contributed by atoms with E-state index in [1.54, 1.807) is 0 Å². The van der Waals surface area contributed by atoms with Gasteiger partial charge in [0.1, 0.15) is 0 Å². The summed E-state index contributed by atoms with van der Waals surface area (Å²) in [5.74, 6) is 1.24. The first-order valence-corrected chi connectivity index (χ1v) is 7.26. The third kappa shape index (κ3) is 2.08. The third-order valence-corrected chi connectivity index (χ3v) is 4.62. The summed E-state index contributed by atoms with van der Waals surface area (Å²) in [6.45, 7) is 0.703. The minimum atomic E-state index is -0.384. The first-order valence-electron chi connectivity index (χ1n) is 6.27. The van der Waals surface area contributed by atoms with Gasteiger partial charge >= 0.3 is 5.76 Å². The predicted molar refractivity (Wildman–Crippen MR) is 73.2 cm³/mol. The predicted octanol–water partition coefficient (Wildman–Crippen LogP) is 2.44. The lowest BCUT2D eigenvalue weighted by molar-refractivity contribution is 0.553. The van der Waals surface area contributed by atoms with Crippen molar-refractivity contribution in [2.45, 2.75) is 30.1 Å². The molecule has 1 atom stereocenters. The van der Waals surface area contributed by atoms with Crippen molar-refractivity contribution >= 4 is 22.9 Å². The molecule has 3 rings (SSSR count). The van der Waals surface area contributed by atoms with E-state index < -0.39 is 0 Å². The van der Waals surface area contributed by atoms with Gasteiger partial charge in [0.05, 0.1) is 5.52 Å². The average Bonchev–Trinajstić information content (AvgIpc) is 2.59. The van der Waals surface area contributed by atoms with Crippen LogP contribution in [0.25, 0.3) is 11.1 Å². The highest BCUT2D eigenvalue weighted by atomic mass is 32.2. The Morgan fingerprint density at radius 3 is 3.22 bits per heavy atom. The van der Waals surface area contributed by atoms with Crippen LogP contribution in [-0.4, -0.2) is 17.3 Å². The lowest BCUT2D eigenvalue weighted by atomic mass is 9.91. The summed E-state index contributed by atoms with van der Waals surface area (Å²) < 4.78 is 5.12. The number of rotatable bonds is 2. The Labute approximate surface area is 109 Å². The monoisotopic (exact) mass is 264 g/mol. The number of thioether (sulfide) groups is 1. The van der Waals surface area contributed by atoms with Gasteiger partial charge in [-0.2, -0.15) is 0 Å². The first-order chi connectivity index (χ1) is 8.78. The van der Waals surface area contributed by atoms with Crippen molar-refractivity contribution in [1.29, 1.82) is 0 Å². The number of hydrogen-bond acceptors (Lipinski definition) is 4. The van der Waals surface area contributed by atoms with Crippen molar-refractivity contribution in [2.75, 3.05) is 12.3 Å². The molecule has 0 amide bonds. The summed E-state index contributed by atoms with van der Waals surface area (Å²) in [5.41, 5.74) is 8.46. The highest BCUT2D eigenvalue weighted by Crippen LogP contribution is 2.39. The normalized spacial score (nSPS) is 19.7. The Bertz CT molecular complexity index is 617. The molecule has 4 nitrogen and oxygen atoms in total. The average molecular weight is 264 g/mol. The van der Waals surface area contributed by atoms with Crippen LogP contribution in [0.15, 0.2) is 26.2 Å². The highest BCUT2D eigenvalue weighted by Gasteiger charge is 2.20. The number of oxazole rings is 1. The molecule has 0 spiro atoms. The number of nitrogens with two attached hydrogens (primary N) is 1. The SMILES string of the molecule is NCCC1CCCSc2cc3oc(=O)[nH]c3cc21. The standard InChI is InChI=1S/C13H16N2O2S/c14-4-3-8-2-1-5-18-12-7-11-10(6-9(8)12)15-13(16)17-11/h6-8H,1-5,14H2,(H,15,16). The number of fused-ring (bicyclic) bond motifs is 2. The Kier molecular flexibility index (Phi) is 3.18. The maximum atomic E-state index is 11.2. The van der Waals surface area contributed by atoms with Crippen LogP contribution in [0.5, 0.6) is 0 Å². The maximum absolute atomic E-state index is 11.2. The molecule has 2 aromatic rings. The molecule has 0 bridgehead atoms. The van der Waals surface area contributed by atoms with Crippen LogP contribution in [0.4, 0.5) is 0 Å². The van der Waals surface area contributed by atoms with E-state index in [-0.39, 0.29) is 5.76 Å². The van der Waals surface area contributed by atoms with E-state index >= 15 is 0 Å². The summed E-state index contributed by atoms with van der Waals surface area (Å²) in [6, 6.07) is 4.05. The minimum Gasteiger partial charge on any atom is -0.408 e. The largest absolute Gasteiger partial charge is 0.417 e. The van der Waals surface area contributed by atoms with Crippen LogP contribution in [0, 0.1) is 0 Å². The van der Waals surface area contributed by atoms with Gasteiger partial charge in [-0.1, -0.05) is 0 Å². The zero-order valence-corrected chi connectivity index (χ0v) is 10.9. The van der Waals surface area contributed by atoms with Gasteiger partial charge in [-0.25, -0.2) is 4.79 Å². The fourth-order valence-electron chi connectivity index (χ4n) is 2.61. The Hall–Kier alpha value is -1.20. The zero-order valence-electron chi connectivity index (χ0n) is 10.1. The second-order valence-electron chi connectivity index (χ2n) is 4.67. The van der Waals surface area contributed by atoms with Crippen molar-refractivity contribution in [3.05, 3.63) is 28.2 Å². The van der Waals surface area contributed by atoms with Gasteiger partial charge < -0.3 is 10.2 Å². The van der Waals surface area contributed by atoms with Crippen molar-refractivity contribution < 1.29 is 4.42 Å². The van der Waals surface area contributed by atoms with Crippen molar-refractivity contribution in [1.82, 2.24) is 4.98 Å². The molecule has 1 aliphatic rings. The van der Waals surface area contributed by atoms with Crippen molar-refractivity contribution in [3.8, 4) is 0 Å². The molecule has 3 N–H and O–H groups in total. The van der Waals surface area contributed by atoms with Crippen LogP contribution < -0.4 is 11.5 Å². The molecule has 0 fully saturated rings. The second-order valence-corrected chi connectivity index (χ2v) is 5.80.